The van der Waals surface area contributed by atoms with Gasteiger partial charge in [-0.2, -0.15) is 4.37 Å². The molecule has 11 heteroatoms. The first-order valence-electron chi connectivity index (χ1n) is 10.1. The second kappa shape index (κ2) is 8.71. The van der Waals surface area contributed by atoms with Crippen molar-refractivity contribution in [3.8, 4) is 5.75 Å². The first-order chi connectivity index (χ1) is 15.6. The molecule has 1 N–H and O–H groups in total. The first-order valence-corrected chi connectivity index (χ1v) is 12.8. The predicted molar refractivity (Wildman–Crippen MR) is 123 cm³/mol. The van der Waals surface area contributed by atoms with Gasteiger partial charge in [-0.1, -0.05) is 12.1 Å². The fraction of sp³-hybridized carbons (Fsp3) is 0.318. The second-order valence-corrected chi connectivity index (χ2v) is 10.8. The number of rotatable bonds is 5. The summed E-state index contributed by atoms with van der Waals surface area (Å²) in [6.45, 7) is 2.36. The van der Waals surface area contributed by atoms with Crippen molar-refractivity contribution in [1.29, 1.82) is 0 Å². The zero-order valence-electron chi connectivity index (χ0n) is 18.3. The SMILES string of the molecule is COc1ccc(S(C)(=O)=O)cc1NC(=O)N1CCC(c2ccc(C)c(F)c2)(c2ncns2)C1. The van der Waals surface area contributed by atoms with E-state index in [1.54, 1.807) is 17.9 Å². The van der Waals surface area contributed by atoms with E-state index in [0.717, 1.165) is 11.8 Å². The number of nitrogens with zero attached hydrogens (tertiary/aromatic N) is 3. The second-order valence-electron chi connectivity index (χ2n) is 8.03. The number of aryl methyl sites for hydroxylation is 1. The topological polar surface area (TPSA) is 101 Å². The van der Waals surface area contributed by atoms with Crippen LogP contribution in [0.2, 0.25) is 0 Å². The number of anilines is 1. The van der Waals surface area contributed by atoms with Gasteiger partial charge in [0.1, 0.15) is 22.9 Å². The van der Waals surface area contributed by atoms with Crippen molar-refractivity contribution in [2.24, 2.45) is 0 Å². The molecule has 2 heterocycles. The van der Waals surface area contributed by atoms with Crippen molar-refractivity contribution in [3.05, 3.63) is 64.7 Å². The van der Waals surface area contributed by atoms with Gasteiger partial charge in [-0.15, -0.1) is 0 Å². The van der Waals surface area contributed by atoms with Crippen LogP contribution in [0, 0.1) is 12.7 Å². The molecule has 2 amide bonds. The molecule has 1 aromatic heterocycles. The van der Waals surface area contributed by atoms with Gasteiger partial charge in [0.2, 0.25) is 0 Å². The molecule has 1 unspecified atom stereocenters. The molecule has 2 aromatic carbocycles. The molecule has 1 aliphatic heterocycles. The van der Waals surface area contributed by atoms with Gasteiger partial charge in [0.05, 0.1) is 23.1 Å². The van der Waals surface area contributed by atoms with Gasteiger partial charge in [0.15, 0.2) is 9.84 Å². The smallest absolute Gasteiger partial charge is 0.321 e. The van der Waals surface area contributed by atoms with Crippen LogP contribution in [0.1, 0.15) is 22.6 Å². The largest absolute Gasteiger partial charge is 0.495 e. The Labute approximate surface area is 195 Å². The van der Waals surface area contributed by atoms with Crippen LogP contribution < -0.4 is 10.1 Å². The molecule has 0 saturated carbocycles. The van der Waals surface area contributed by atoms with Gasteiger partial charge in [0, 0.05) is 19.3 Å². The maximum absolute atomic E-state index is 14.4. The minimum absolute atomic E-state index is 0.0679. The normalized spacial score (nSPS) is 18.4. The molecular weight excluding hydrogens is 467 g/mol. The predicted octanol–water partition coefficient (Wildman–Crippen LogP) is 3.62. The zero-order valence-corrected chi connectivity index (χ0v) is 20.0. The summed E-state index contributed by atoms with van der Waals surface area (Å²) in [6, 6.07) is 8.95. The number of urea groups is 1. The van der Waals surface area contributed by atoms with E-state index < -0.39 is 21.3 Å². The third-order valence-electron chi connectivity index (χ3n) is 5.89. The Balaban J connectivity index is 1.64. The van der Waals surface area contributed by atoms with E-state index >= 15 is 0 Å². The van der Waals surface area contributed by atoms with Gasteiger partial charge >= 0.3 is 6.03 Å². The van der Waals surface area contributed by atoms with Gasteiger partial charge < -0.3 is 15.0 Å². The number of hydrogen-bond donors (Lipinski definition) is 1. The standard InChI is InChI=1S/C22H23FN4O4S2/c1-14-4-5-15(10-17(14)23)22(20-24-13-25-32-20)8-9-27(12-22)21(28)26-18-11-16(33(3,29)30)6-7-19(18)31-2/h4-7,10-11,13H,8-9,12H2,1-3H3,(H,26,28). The Morgan fingerprint density at radius 3 is 2.70 bits per heavy atom. The molecule has 1 atom stereocenters. The van der Waals surface area contributed by atoms with E-state index in [1.807, 2.05) is 6.07 Å². The summed E-state index contributed by atoms with van der Waals surface area (Å²) in [5.74, 6) is 0.0209. The number of methoxy groups -OCH3 is 1. The Morgan fingerprint density at radius 2 is 2.06 bits per heavy atom. The van der Waals surface area contributed by atoms with Crippen molar-refractivity contribution in [2.45, 2.75) is 23.7 Å². The van der Waals surface area contributed by atoms with Crippen LogP contribution in [0.15, 0.2) is 47.6 Å². The number of halogens is 1. The Hall–Kier alpha value is -3.05. The lowest BCUT2D eigenvalue weighted by molar-refractivity contribution is 0.220. The number of nitrogens with one attached hydrogen (secondary N) is 1. The fourth-order valence-electron chi connectivity index (χ4n) is 4.00. The van der Waals surface area contributed by atoms with Crippen molar-refractivity contribution in [1.82, 2.24) is 14.3 Å². The van der Waals surface area contributed by atoms with E-state index in [-0.39, 0.29) is 22.9 Å². The third kappa shape index (κ3) is 4.42. The number of aromatic nitrogens is 2. The van der Waals surface area contributed by atoms with Crippen molar-refractivity contribution < 1.29 is 22.3 Å². The van der Waals surface area contributed by atoms with Crippen molar-refractivity contribution in [3.63, 3.8) is 0 Å². The molecule has 1 saturated heterocycles. The summed E-state index contributed by atoms with van der Waals surface area (Å²) in [7, 11) is -2.03. The molecular formula is C22H23FN4O4S2. The molecule has 1 fully saturated rings. The molecule has 0 spiro atoms. The Bertz CT molecular complexity index is 1300. The highest BCUT2D eigenvalue weighted by atomic mass is 32.2. The molecule has 33 heavy (non-hydrogen) atoms. The van der Waals surface area contributed by atoms with E-state index in [9.17, 15) is 17.6 Å². The monoisotopic (exact) mass is 490 g/mol. The molecule has 1 aliphatic rings. The number of carbonyl (C=O) groups excluding carboxylic acids is 1. The number of likely N-dealkylation sites (tertiary alicyclic amines) is 1. The van der Waals surface area contributed by atoms with Crippen LogP contribution in [-0.2, 0) is 15.3 Å². The number of ether oxygens (including phenoxy) is 1. The van der Waals surface area contributed by atoms with Gasteiger partial charge in [-0.25, -0.2) is 22.6 Å². The average Bonchev–Trinajstić information content (AvgIpc) is 3.46. The molecule has 0 aliphatic carbocycles. The summed E-state index contributed by atoms with van der Waals surface area (Å²) in [4.78, 5) is 19.2. The molecule has 8 nitrogen and oxygen atoms in total. The zero-order chi connectivity index (χ0) is 23.8. The fourth-order valence-corrected chi connectivity index (χ4v) is 5.40. The highest BCUT2D eigenvalue weighted by Gasteiger charge is 2.45. The van der Waals surface area contributed by atoms with Gasteiger partial charge in [-0.05, 0) is 60.3 Å². The maximum Gasteiger partial charge on any atom is 0.321 e. The van der Waals surface area contributed by atoms with Crippen molar-refractivity contribution in [2.75, 3.05) is 31.8 Å². The summed E-state index contributed by atoms with van der Waals surface area (Å²) in [5, 5.41) is 3.47. The van der Waals surface area contributed by atoms with Crippen LogP contribution >= 0.6 is 11.5 Å². The van der Waals surface area contributed by atoms with E-state index in [0.29, 0.717) is 29.3 Å². The van der Waals surface area contributed by atoms with E-state index in [1.165, 1.54) is 49.2 Å². The van der Waals surface area contributed by atoms with Gasteiger partial charge in [0.25, 0.3) is 0 Å². The summed E-state index contributed by atoms with van der Waals surface area (Å²) in [6.07, 6.45) is 3.09. The lowest BCUT2D eigenvalue weighted by atomic mass is 9.80. The highest BCUT2D eigenvalue weighted by molar-refractivity contribution is 7.90. The average molecular weight is 491 g/mol. The van der Waals surface area contributed by atoms with Crippen LogP contribution in [0.3, 0.4) is 0 Å². The lowest BCUT2D eigenvalue weighted by Crippen LogP contribution is -2.37. The Kier molecular flexibility index (Phi) is 6.10. The van der Waals surface area contributed by atoms with E-state index in [4.69, 9.17) is 4.74 Å². The quantitative estimate of drug-likeness (QED) is 0.586. The Morgan fingerprint density at radius 1 is 1.27 bits per heavy atom. The van der Waals surface area contributed by atoms with Gasteiger partial charge in [-0.3, -0.25) is 0 Å². The lowest BCUT2D eigenvalue weighted by Gasteiger charge is -2.28. The minimum Gasteiger partial charge on any atom is -0.495 e. The third-order valence-corrected chi connectivity index (χ3v) is 7.87. The summed E-state index contributed by atoms with van der Waals surface area (Å²) < 4.78 is 47.7. The van der Waals surface area contributed by atoms with Crippen LogP contribution in [0.25, 0.3) is 0 Å². The minimum atomic E-state index is -3.47. The number of sulfone groups is 1. The highest BCUT2D eigenvalue weighted by Crippen LogP contribution is 2.42. The number of hydrogen-bond acceptors (Lipinski definition) is 7. The van der Waals surface area contributed by atoms with Crippen LogP contribution in [0.5, 0.6) is 5.75 Å². The summed E-state index contributed by atoms with van der Waals surface area (Å²) in [5.41, 5.74) is 0.831. The van der Waals surface area contributed by atoms with Crippen LogP contribution in [-0.4, -0.2) is 55.2 Å². The van der Waals surface area contributed by atoms with E-state index in [2.05, 4.69) is 14.7 Å². The number of benzene rings is 2. The number of carbonyl (C=O) groups is 1. The molecule has 4 rings (SSSR count). The molecule has 0 radical (unpaired) electrons. The molecule has 3 aromatic rings. The first kappa shape index (κ1) is 23.1. The number of amides is 2. The molecule has 174 valence electrons. The molecule has 0 bridgehead atoms. The van der Waals surface area contributed by atoms with Crippen LogP contribution in [0.4, 0.5) is 14.9 Å². The maximum atomic E-state index is 14.4. The summed E-state index contributed by atoms with van der Waals surface area (Å²) >= 11 is 1.22. The van der Waals surface area contributed by atoms with Crippen molar-refractivity contribution >= 4 is 33.1 Å².